The molecule has 108 valence electrons. The van der Waals surface area contributed by atoms with Gasteiger partial charge in [0.15, 0.2) is 0 Å². The fourth-order valence-corrected chi connectivity index (χ4v) is 3.65. The molecule has 20 heavy (non-hydrogen) atoms. The van der Waals surface area contributed by atoms with Gasteiger partial charge < -0.3 is 4.90 Å². The number of hydrogen-bond donors (Lipinski definition) is 0. The number of carbonyl (C=O) groups excluding carboxylic acids is 1. The topological polar surface area (TPSA) is 20.3 Å². The Kier molecular flexibility index (Phi) is 4.02. The zero-order valence-corrected chi connectivity index (χ0v) is 12.7. The van der Waals surface area contributed by atoms with E-state index in [1.54, 1.807) is 0 Å². The lowest BCUT2D eigenvalue weighted by Crippen LogP contribution is -2.43. The second kappa shape index (κ2) is 5.77. The number of nitrogens with zero attached hydrogens (tertiary/aromatic N) is 1. The van der Waals surface area contributed by atoms with Crippen molar-refractivity contribution in [2.45, 2.75) is 50.4 Å². The first-order chi connectivity index (χ1) is 9.70. The normalized spacial score (nSPS) is 21.4. The maximum absolute atomic E-state index is 12.5. The molecule has 1 heterocycles. The third-order valence-electron chi connectivity index (χ3n) is 4.97. The van der Waals surface area contributed by atoms with Crippen molar-refractivity contribution >= 4 is 17.5 Å². The summed E-state index contributed by atoms with van der Waals surface area (Å²) in [6.45, 7) is 1.91. The molecule has 1 saturated heterocycles. The van der Waals surface area contributed by atoms with Crippen molar-refractivity contribution in [2.75, 3.05) is 13.1 Å². The first kappa shape index (κ1) is 13.9. The fourth-order valence-electron chi connectivity index (χ4n) is 3.52. The number of hydrogen-bond acceptors (Lipinski definition) is 1. The summed E-state index contributed by atoms with van der Waals surface area (Å²) in [5.74, 6) is 0.347. The van der Waals surface area contributed by atoms with Crippen LogP contribution in [-0.4, -0.2) is 23.9 Å². The number of amides is 1. The Labute approximate surface area is 126 Å². The monoisotopic (exact) mass is 291 g/mol. The molecule has 1 saturated carbocycles. The first-order valence-corrected chi connectivity index (χ1v) is 8.11. The highest BCUT2D eigenvalue weighted by Crippen LogP contribution is 2.47. The largest absolute Gasteiger partial charge is 0.343 e. The SMILES string of the molecule is O=C(CC1(c2ccc(Cl)cc2)CCC1)N1CCCCC1. The molecule has 3 rings (SSSR count). The molecule has 2 fully saturated rings. The predicted octanol–water partition coefficient (Wildman–Crippen LogP) is 4.16. The van der Waals surface area contributed by atoms with Gasteiger partial charge >= 0.3 is 0 Å². The van der Waals surface area contributed by atoms with Gasteiger partial charge in [-0.1, -0.05) is 30.2 Å². The number of rotatable bonds is 3. The van der Waals surface area contributed by atoms with Crippen molar-refractivity contribution in [3.05, 3.63) is 34.9 Å². The van der Waals surface area contributed by atoms with Crippen molar-refractivity contribution in [3.8, 4) is 0 Å². The number of likely N-dealkylation sites (tertiary alicyclic amines) is 1. The maximum atomic E-state index is 12.5. The van der Waals surface area contributed by atoms with Crippen LogP contribution in [0.2, 0.25) is 5.02 Å². The van der Waals surface area contributed by atoms with E-state index >= 15 is 0 Å². The fraction of sp³-hybridized carbons (Fsp3) is 0.588. The maximum Gasteiger partial charge on any atom is 0.223 e. The summed E-state index contributed by atoms with van der Waals surface area (Å²) in [6, 6.07) is 8.10. The van der Waals surface area contributed by atoms with Gasteiger partial charge in [-0.05, 0) is 49.8 Å². The molecule has 0 aromatic heterocycles. The molecule has 2 aliphatic rings. The van der Waals surface area contributed by atoms with Gasteiger partial charge in [0.05, 0.1) is 0 Å². The third-order valence-corrected chi connectivity index (χ3v) is 5.22. The summed E-state index contributed by atoms with van der Waals surface area (Å²) >= 11 is 5.98. The zero-order chi connectivity index (χ0) is 14.0. The highest BCUT2D eigenvalue weighted by molar-refractivity contribution is 6.30. The van der Waals surface area contributed by atoms with Crippen molar-refractivity contribution < 1.29 is 4.79 Å². The van der Waals surface area contributed by atoms with Crippen LogP contribution >= 0.6 is 11.6 Å². The van der Waals surface area contributed by atoms with Gasteiger partial charge in [-0.2, -0.15) is 0 Å². The summed E-state index contributed by atoms with van der Waals surface area (Å²) < 4.78 is 0. The van der Waals surface area contributed by atoms with Crippen LogP contribution in [0.15, 0.2) is 24.3 Å². The minimum Gasteiger partial charge on any atom is -0.343 e. The van der Waals surface area contributed by atoms with E-state index in [0.717, 1.165) is 31.0 Å². The average molecular weight is 292 g/mol. The first-order valence-electron chi connectivity index (χ1n) is 7.73. The van der Waals surface area contributed by atoms with Crippen LogP contribution in [0.1, 0.15) is 50.5 Å². The Hall–Kier alpha value is -1.02. The molecular weight excluding hydrogens is 270 g/mol. The van der Waals surface area contributed by atoms with Gasteiger partial charge in [0.25, 0.3) is 0 Å². The molecule has 0 N–H and O–H groups in total. The van der Waals surface area contributed by atoms with Crippen LogP contribution in [0.4, 0.5) is 0 Å². The molecular formula is C17H22ClNO. The van der Waals surface area contributed by atoms with Crippen LogP contribution < -0.4 is 0 Å². The van der Waals surface area contributed by atoms with E-state index in [-0.39, 0.29) is 5.41 Å². The van der Waals surface area contributed by atoms with Crippen molar-refractivity contribution in [2.24, 2.45) is 0 Å². The molecule has 0 bridgehead atoms. The molecule has 2 nitrogen and oxygen atoms in total. The number of carbonyl (C=O) groups is 1. The molecule has 0 atom stereocenters. The van der Waals surface area contributed by atoms with Gasteiger partial charge in [-0.15, -0.1) is 0 Å². The Bertz CT molecular complexity index is 472. The molecule has 0 unspecified atom stereocenters. The Morgan fingerprint density at radius 1 is 1.05 bits per heavy atom. The van der Waals surface area contributed by atoms with E-state index in [4.69, 9.17) is 11.6 Å². The second-order valence-corrected chi connectivity index (χ2v) is 6.70. The predicted molar refractivity (Wildman–Crippen MR) is 82.0 cm³/mol. The van der Waals surface area contributed by atoms with Crippen LogP contribution in [0.25, 0.3) is 0 Å². The summed E-state index contributed by atoms with van der Waals surface area (Å²) in [7, 11) is 0. The van der Waals surface area contributed by atoms with Crippen LogP contribution in [0, 0.1) is 0 Å². The number of halogens is 1. The molecule has 1 aliphatic carbocycles. The van der Waals surface area contributed by atoms with Gasteiger partial charge in [0, 0.05) is 29.9 Å². The van der Waals surface area contributed by atoms with Crippen molar-refractivity contribution in [1.82, 2.24) is 4.90 Å². The number of benzene rings is 1. The Morgan fingerprint density at radius 2 is 1.70 bits per heavy atom. The summed E-state index contributed by atoms with van der Waals surface area (Å²) in [5.41, 5.74) is 1.37. The summed E-state index contributed by atoms with van der Waals surface area (Å²) in [6.07, 6.45) is 7.78. The zero-order valence-electron chi connectivity index (χ0n) is 11.9. The van der Waals surface area contributed by atoms with E-state index in [1.165, 1.54) is 31.2 Å². The van der Waals surface area contributed by atoms with Crippen LogP contribution in [-0.2, 0) is 10.2 Å². The van der Waals surface area contributed by atoms with Gasteiger partial charge in [-0.3, -0.25) is 4.79 Å². The van der Waals surface area contributed by atoms with E-state index in [9.17, 15) is 4.79 Å². The lowest BCUT2D eigenvalue weighted by atomic mass is 9.62. The minimum atomic E-state index is 0.0825. The van der Waals surface area contributed by atoms with Crippen LogP contribution in [0.3, 0.4) is 0 Å². The van der Waals surface area contributed by atoms with Gasteiger partial charge in [0.2, 0.25) is 5.91 Å². The lowest BCUT2D eigenvalue weighted by Gasteiger charge is -2.43. The molecule has 1 amide bonds. The summed E-state index contributed by atoms with van der Waals surface area (Å²) in [4.78, 5) is 14.6. The third kappa shape index (κ3) is 2.71. The molecule has 1 aromatic carbocycles. The highest BCUT2D eigenvalue weighted by Gasteiger charge is 2.41. The van der Waals surface area contributed by atoms with E-state index in [2.05, 4.69) is 17.0 Å². The Morgan fingerprint density at radius 3 is 2.25 bits per heavy atom. The minimum absolute atomic E-state index is 0.0825. The van der Waals surface area contributed by atoms with Crippen molar-refractivity contribution in [3.63, 3.8) is 0 Å². The molecule has 3 heteroatoms. The van der Waals surface area contributed by atoms with Crippen molar-refractivity contribution in [1.29, 1.82) is 0 Å². The van der Waals surface area contributed by atoms with Gasteiger partial charge in [-0.25, -0.2) is 0 Å². The van der Waals surface area contributed by atoms with E-state index in [0.29, 0.717) is 12.3 Å². The summed E-state index contributed by atoms with van der Waals surface area (Å²) in [5, 5.41) is 0.769. The van der Waals surface area contributed by atoms with Gasteiger partial charge in [0.1, 0.15) is 0 Å². The highest BCUT2D eigenvalue weighted by atomic mass is 35.5. The lowest BCUT2D eigenvalue weighted by molar-refractivity contribution is -0.134. The number of piperidine rings is 1. The average Bonchev–Trinajstić information content (AvgIpc) is 2.45. The smallest absolute Gasteiger partial charge is 0.223 e. The quantitative estimate of drug-likeness (QED) is 0.819. The van der Waals surface area contributed by atoms with E-state index < -0.39 is 0 Å². The molecule has 0 spiro atoms. The molecule has 1 aliphatic heterocycles. The molecule has 0 radical (unpaired) electrons. The van der Waals surface area contributed by atoms with E-state index in [1.807, 2.05) is 12.1 Å². The van der Waals surface area contributed by atoms with Crippen LogP contribution in [0.5, 0.6) is 0 Å². The standard InChI is InChI=1S/C17H22ClNO/c18-15-7-5-14(6-8-15)17(9-4-10-17)13-16(20)19-11-2-1-3-12-19/h5-8H,1-4,9-13H2. The second-order valence-electron chi connectivity index (χ2n) is 6.26. The molecule has 1 aromatic rings. The Balaban J connectivity index is 1.72.